The second kappa shape index (κ2) is 8.81. The number of rotatable bonds is 5. The highest BCUT2D eigenvalue weighted by Gasteiger charge is 2.24. The SMILES string of the molecule is O=C(OCc1ccccc1)N1CCC(COc2cc(O)ccc2Cl)CC1. The summed E-state index contributed by atoms with van der Waals surface area (Å²) >= 11 is 6.06. The number of likely N-dealkylation sites (tertiary alicyclic amines) is 1. The van der Waals surface area contributed by atoms with Crippen LogP contribution in [-0.4, -0.2) is 35.8 Å². The van der Waals surface area contributed by atoms with E-state index in [0.29, 0.717) is 43.0 Å². The number of phenolic OH excluding ortho intramolecular Hbond substituents is 1. The molecule has 2 aromatic carbocycles. The molecule has 5 nitrogen and oxygen atoms in total. The predicted molar refractivity (Wildman–Crippen MR) is 99.5 cm³/mol. The molecular formula is C20H22ClNO4. The summed E-state index contributed by atoms with van der Waals surface area (Å²) in [7, 11) is 0. The van der Waals surface area contributed by atoms with Gasteiger partial charge in [-0.05, 0) is 36.5 Å². The zero-order valence-electron chi connectivity index (χ0n) is 14.4. The fraction of sp³-hybridized carbons (Fsp3) is 0.350. The number of ether oxygens (including phenoxy) is 2. The Labute approximate surface area is 158 Å². The Balaban J connectivity index is 1.41. The van der Waals surface area contributed by atoms with Crippen molar-refractivity contribution in [2.75, 3.05) is 19.7 Å². The lowest BCUT2D eigenvalue weighted by molar-refractivity contribution is 0.0761. The van der Waals surface area contributed by atoms with Crippen molar-refractivity contribution >= 4 is 17.7 Å². The third kappa shape index (κ3) is 5.05. The molecule has 0 aromatic heterocycles. The Morgan fingerprint density at radius 3 is 2.62 bits per heavy atom. The van der Waals surface area contributed by atoms with Crippen molar-refractivity contribution in [1.82, 2.24) is 4.90 Å². The first kappa shape index (κ1) is 18.4. The van der Waals surface area contributed by atoms with Crippen molar-refractivity contribution < 1.29 is 19.4 Å². The second-order valence-corrected chi connectivity index (χ2v) is 6.80. The number of carbonyl (C=O) groups is 1. The number of carbonyl (C=O) groups excluding carboxylic acids is 1. The minimum absolute atomic E-state index is 0.125. The number of hydrogen-bond acceptors (Lipinski definition) is 4. The van der Waals surface area contributed by atoms with Gasteiger partial charge in [-0.3, -0.25) is 0 Å². The molecule has 0 spiro atoms. The summed E-state index contributed by atoms with van der Waals surface area (Å²) in [6, 6.07) is 14.3. The number of amides is 1. The average Bonchev–Trinajstić information content (AvgIpc) is 2.68. The topological polar surface area (TPSA) is 59.0 Å². The molecule has 0 aliphatic carbocycles. The van der Waals surface area contributed by atoms with Crippen LogP contribution in [0.25, 0.3) is 0 Å². The molecule has 1 heterocycles. The number of benzene rings is 2. The maximum atomic E-state index is 12.2. The number of piperidine rings is 1. The Kier molecular flexibility index (Phi) is 6.23. The van der Waals surface area contributed by atoms with Crippen LogP contribution in [0.3, 0.4) is 0 Å². The maximum Gasteiger partial charge on any atom is 0.410 e. The second-order valence-electron chi connectivity index (χ2n) is 6.40. The van der Waals surface area contributed by atoms with Crippen LogP contribution >= 0.6 is 11.6 Å². The van der Waals surface area contributed by atoms with Crippen LogP contribution in [0.4, 0.5) is 4.79 Å². The van der Waals surface area contributed by atoms with E-state index in [9.17, 15) is 9.90 Å². The number of aromatic hydroxyl groups is 1. The highest BCUT2D eigenvalue weighted by molar-refractivity contribution is 6.32. The molecule has 26 heavy (non-hydrogen) atoms. The van der Waals surface area contributed by atoms with Gasteiger partial charge >= 0.3 is 6.09 Å². The van der Waals surface area contributed by atoms with Gasteiger partial charge in [0.15, 0.2) is 0 Å². The molecule has 1 N–H and O–H groups in total. The normalized spacial score (nSPS) is 14.9. The van der Waals surface area contributed by atoms with E-state index >= 15 is 0 Å². The van der Waals surface area contributed by atoms with E-state index in [1.165, 1.54) is 12.1 Å². The van der Waals surface area contributed by atoms with Crippen molar-refractivity contribution in [2.45, 2.75) is 19.4 Å². The van der Waals surface area contributed by atoms with Crippen molar-refractivity contribution in [1.29, 1.82) is 0 Å². The number of hydrogen-bond donors (Lipinski definition) is 1. The first-order valence-electron chi connectivity index (χ1n) is 8.69. The lowest BCUT2D eigenvalue weighted by atomic mass is 9.98. The van der Waals surface area contributed by atoms with E-state index in [1.54, 1.807) is 11.0 Å². The molecule has 1 saturated heterocycles. The standard InChI is InChI=1S/C20H22ClNO4/c21-18-7-6-17(23)12-19(18)25-13-16-8-10-22(11-9-16)20(24)26-14-15-4-2-1-3-5-15/h1-7,12,16,23H,8-11,13-14H2. The molecule has 1 amide bonds. The van der Waals surface area contributed by atoms with Crippen LogP contribution in [0.1, 0.15) is 18.4 Å². The van der Waals surface area contributed by atoms with Crippen LogP contribution < -0.4 is 4.74 Å². The third-order valence-corrected chi connectivity index (χ3v) is 4.78. The van der Waals surface area contributed by atoms with Gasteiger partial charge in [-0.15, -0.1) is 0 Å². The molecule has 138 valence electrons. The van der Waals surface area contributed by atoms with Gasteiger partial charge in [0.2, 0.25) is 0 Å². The fourth-order valence-corrected chi connectivity index (χ4v) is 3.08. The molecular weight excluding hydrogens is 354 g/mol. The van der Waals surface area contributed by atoms with Gasteiger partial charge in [0.05, 0.1) is 11.6 Å². The largest absolute Gasteiger partial charge is 0.508 e. The van der Waals surface area contributed by atoms with E-state index in [0.717, 1.165) is 18.4 Å². The molecule has 2 aromatic rings. The van der Waals surface area contributed by atoms with Crippen molar-refractivity contribution in [3.63, 3.8) is 0 Å². The summed E-state index contributed by atoms with van der Waals surface area (Å²) in [6.07, 6.45) is 1.41. The number of nitrogens with zero attached hydrogens (tertiary/aromatic N) is 1. The summed E-state index contributed by atoms with van der Waals surface area (Å²) in [4.78, 5) is 13.9. The number of phenols is 1. The molecule has 1 aliphatic heterocycles. The Bertz CT molecular complexity index is 730. The molecule has 0 saturated carbocycles. The Hall–Kier alpha value is -2.40. The lowest BCUT2D eigenvalue weighted by Crippen LogP contribution is -2.39. The molecule has 0 atom stereocenters. The van der Waals surface area contributed by atoms with Gasteiger partial charge < -0.3 is 19.5 Å². The summed E-state index contributed by atoms with van der Waals surface area (Å²) in [5.74, 6) is 0.948. The van der Waals surface area contributed by atoms with E-state index in [1.807, 2.05) is 30.3 Å². The summed E-state index contributed by atoms with van der Waals surface area (Å²) in [5, 5.41) is 9.98. The monoisotopic (exact) mass is 375 g/mol. The van der Waals surface area contributed by atoms with Gasteiger partial charge in [-0.25, -0.2) is 4.79 Å². The van der Waals surface area contributed by atoms with Gasteiger partial charge in [0, 0.05) is 19.2 Å². The van der Waals surface area contributed by atoms with Crippen molar-refractivity contribution in [3.8, 4) is 11.5 Å². The van der Waals surface area contributed by atoms with Gasteiger partial charge in [-0.1, -0.05) is 41.9 Å². The fourth-order valence-electron chi connectivity index (χ4n) is 2.90. The Morgan fingerprint density at radius 1 is 1.15 bits per heavy atom. The van der Waals surface area contributed by atoms with Gasteiger partial charge in [0.25, 0.3) is 0 Å². The zero-order chi connectivity index (χ0) is 18.4. The molecule has 0 bridgehead atoms. The molecule has 0 radical (unpaired) electrons. The maximum absolute atomic E-state index is 12.2. The van der Waals surface area contributed by atoms with Crippen LogP contribution in [-0.2, 0) is 11.3 Å². The van der Waals surface area contributed by atoms with Gasteiger partial charge in [0.1, 0.15) is 18.1 Å². The summed E-state index contributed by atoms with van der Waals surface area (Å²) in [5.41, 5.74) is 0.979. The Morgan fingerprint density at radius 2 is 1.88 bits per heavy atom. The van der Waals surface area contributed by atoms with E-state index in [4.69, 9.17) is 21.1 Å². The highest BCUT2D eigenvalue weighted by atomic mass is 35.5. The van der Waals surface area contributed by atoms with Gasteiger partial charge in [-0.2, -0.15) is 0 Å². The predicted octanol–water partition coefficient (Wildman–Crippen LogP) is 4.47. The number of halogens is 1. The molecule has 1 fully saturated rings. The van der Waals surface area contributed by atoms with Crippen LogP contribution in [0, 0.1) is 5.92 Å². The summed E-state index contributed by atoms with van der Waals surface area (Å²) < 4.78 is 11.1. The quantitative estimate of drug-likeness (QED) is 0.837. The van der Waals surface area contributed by atoms with Crippen LogP contribution in [0.15, 0.2) is 48.5 Å². The first-order chi connectivity index (χ1) is 12.6. The smallest absolute Gasteiger partial charge is 0.410 e. The molecule has 6 heteroatoms. The molecule has 3 rings (SSSR count). The van der Waals surface area contributed by atoms with E-state index in [2.05, 4.69) is 0 Å². The first-order valence-corrected chi connectivity index (χ1v) is 9.06. The van der Waals surface area contributed by atoms with Crippen molar-refractivity contribution in [2.24, 2.45) is 5.92 Å². The van der Waals surface area contributed by atoms with Crippen LogP contribution in [0.2, 0.25) is 5.02 Å². The minimum Gasteiger partial charge on any atom is -0.508 e. The summed E-state index contributed by atoms with van der Waals surface area (Å²) in [6.45, 7) is 2.10. The molecule has 1 aliphatic rings. The van der Waals surface area contributed by atoms with Crippen molar-refractivity contribution in [3.05, 3.63) is 59.1 Å². The van der Waals surface area contributed by atoms with E-state index in [-0.39, 0.29) is 11.8 Å². The van der Waals surface area contributed by atoms with E-state index < -0.39 is 0 Å². The van der Waals surface area contributed by atoms with Crippen LogP contribution in [0.5, 0.6) is 11.5 Å². The highest BCUT2D eigenvalue weighted by Crippen LogP contribution is 2.29. The zero-order valence-corrected chi connectivity index (χ0v) is 15.2. The third-order valence-electron chi connectivity index (χ3n) is 4.47. The molecule has 0 unspecified atom stereocenters. The average molecular weight is 376 g/mol. The lowest BCUT2D eigenvalue weighted by Gasteiger charge is -2.31. The minimum atomic E-state index is -0.274.